The van der Waals surface area contributed by atoms with Gasteiger partial charge in [0.2, 0.25) is 11.2 Å². The van der Waals surface area contributed by atoms with Crippen molar-refractivity contribution < 1.29 is 19.4 Å². The normalized spacial score (nSPS) is 20.6. The molecule has 4 aromatic rings. The van der Waals surface area contributed by atoms with Gasteiger partial charge in [0.05, 0.1) is 0 Å². The lowest BCUT2D eigenvalue weighted by Crippen LogP contribution is -2.51. The van der Waals surface area contributed by atoms with Gasteiger partial charge in [-0.25, -0.2) is 9.78 Å². The van der Waals surface area contributed by atoms with E-state index in [0.29, 0.717) is 11.1 Å². The molecule has 4 heteroatoms. The summed E-state index contributed by atoms with van der Waals surface area (Å²) in [6.07, 6.45) is 1.61. The van der Waals surface area contributed by atoms with Crippen LogP contribution in [0.3, 0.4) is 0 Å². The Hall–Kier alpha value is -4.74. The molecule has 0 N–H and O–H groups in total. The maximum atomic E-state index is 11.0. The third-order valence-electron chi connectivity index (χ3n) is 6.52. The molecule has 0 atom stereocenters. The molecule has 36 heavy (non-hydrogen) atoms. The molecule has 0 unspecified atom stereocenters. The molecule has 0 aromatic heterocycles. The van der Waals surface area contributed by atoms with Crippen LogP contribution in [0.4, 0.5) is 0 Å². The minimum atomic E-state index is -1.13. The summed E-state index contributed by atoms with van der Waals surface area (Å²) in [5, 5.41) is 0. The van der Waals surface area contributed by atoms with Crippen LogP contribution in [-0.4, -0.2) is 12.6 Å². The Labute approximate surface area is 208 Å². The minimum absolute atomic E-state index is 0.591. The van der Waals surface area contributed by atoms with Gasteiger partial charge in [0.25, 0.3) is 0 Å². The minimum Gasteiger partial charge on any atom is -0.298 e. The summed E-state index contributed by atoms with van der Waals surface area (Å²) in [6, 6.07) is 30.0. The molecule has 1 aliphatic carbocycles. The summed E-state index contributed by atoms with van der Waals surface area (Å²) in [6.45, 7) is 0. The molecule has 3 aliphatic rings. The number of aldehydes is 2. The van der Waals surface area contributed by atoms with Crippen LogP contribution in [0.5, 0.6) is 0 Å². The summed E-state index contributed by atoms with van der Waals surface area (Å²) in [7, 11) is 0. The highest BCUT2D eigenvalue weighted by molar-refractivity contribution is 5.75. The van der Waals surface area contributed by atoms with Gasteiger partial charge in [0.1, 0.15) is 12.6 Å². The van der Waals surface area contributed by atoms with Gasteiger partial charge in [-0.15, -0.1) is 0 Å². The number of rotatable bonds is 2. The molecule has 2 bridgehead atoms. The van der Waals surface area contributed by atoms with Gasteiger partial charge in [0.15, 0.2) is 0 Å². The second kappa shape index (κ2) is 8.48. The fraction of sp³-hybridized carbons (Fsp3) is 0.0625. The van der Waals surface area contributed by atoms with Crippen molar-refractivity contribution in [1.29, 1.82) is 0 Å². The van der Waals surface area contributed by atoms with Crippen LogP contribution in [0.2, 0.25) is 0 Å². The molecule has 0 spiro atoms. The number of hydrogen-bond donors (Lipinski definition) is 0. The van der Waals surface area contributed by atoms with Crippen LogP contribution in [0.1, 0.15) is 54.1 Å². The number of hydrogen-bond acceptors (Lipinski definition) is 4. The van der Waals surface area contributed by atoms with Crippen LogP contribution in [0, 0.1) is 23.7 Å². The first-order valence-corrected chi connectivity index (χ1v) is 11.4. The number of benzene rings is 4. The molecule has 0 amide bonds. The fourth-order valence-electron chi connectivity index (χ4n) is 4.71. The molecule has 4 nitrogen and oxygen atoms in total. The van der Waals surface area contributed by atoms with Crippen LogP contribution in [0.15, 0.2) is 97.1 Å². The topological polar surface area (TPSA) is 52.6 Å². The van der Waals surface area contributed by atoms with Crippen molar-refractivity contribution in [2.45, 2.75) is 11.2 Å². The predicted octanol–water partition coefficient (Wildman–Crippen LogP) is 5.18. The summed E-state index contributed by atoms with van der Waals surface area (Å²) in [5.41, 5.74) is 3.92. The first-order valence-electron chi connectivity index (χ1n) is 11.4. The maximum absolute atomic E-state index is 11.0. The van der Waals surface area contributed by atoms with Gasteiger partial charge >= 0.3 is 0 Å². The van der Waals surface area contributed by atoms with Gasteiger partial charge in [-0.05, 0) is 36.1 Å². The largest absolute Gasteiger partial charge is 0.298 e. The molecule has 4 aromatic carbocycles. The number of carbonyl (C=O) groups is 2. The lowest BCUT2D eigenvalue weighted by Gasteiger charge is -2.49. The van der Waals surface area contributed by atoms with Gasteiger partial charge < -0.3 is 0 Å². The molecule has 0 fully saturated rings. The summed E-state index contributed by atoms with van der Waals surface area (Å²) in [5.74, 6) is 13.1. The van der Waals surface area contributed by atoms with Crippen LogP contribution >= 0.6 is 0 Å². The Morgan fingerprint density at radius 3 is 1.14 bits per heavy atom. The highest BCUT2D eigenvalue weighted by Gasteiger charge is 2.58. The van der Waals surface area contributed by atoms with Gasteiger partial charge in [-0.1, -0.05) is 84.6 Å². The molecular weight excluding hydrogens is 448 g/mol. The summed E-state index contributed by atoms with van der Waals surface area (Å²) in [4.78, 5) is 34.3. The second-order valence-corrected chi connectivity index (χ2v) is 8.60. The van der Waals surface area contributed by atoms with E-state index in [1.54, 1.807) is 24.3 Å². The Morgan fingerprint density at radius 1 is 0.500 bits per heavy atom. The zero-order valence-electron chi connectivity index (χ0n) is 19.0. The van der Waals surface area contributed by atoms with E-state index in [4.69, 9.17) is 9.78 Å². The maximum Gasteiger partial charge on any atom is 0.215 e. The smallest absolute Gasteiger partial charge is 0.215 e. The van der Waals surface area contributed by atoms with E-state index in [2.05, 4.69) is 23.7 Å². The fourth-order valence-corrected chi connectivity index (χ4v) is 4.71. The van der Waals surface area contributed by atoms with E-state index < -0.39 is 11.2 Å². The lowest BCUT2D eigenvalue weighted by atomic mass is 9.67. The molecule has 2 heterocycles. The molecule has 0 saturated heterocycles. The Bertz CT molecular complexity index is 1450. The van der Waals surface area contributed by atoms with Crippen molar-refractivity contribution in [2.24, 2.45) is 0 Å². The van der Waals surface area contributed by atoms with E-state index in [1.807, 2.05) is 72.8 Å². The average Bonchev–Trinajstić information content (AvgIpc) is 2.96. The van der Waals surface area contributed by atoms with E-state index in [-0.39, 0.29) is 0 Å². The summed E-state index contributed by atoms with van der Waals surface area (Å²) >= 11 is 0. The van der Waals surface area contributed by atoms with Crippen molar-refractivity contribution in [2.75, 3.05) is 0 Å². The number of carbonyl (C=O) groups excluding carboxylic acids is 2. The Kier molecular flexibility index (Phi) is 5.13. The molecule has 2 aliphatic heterocycles. The Balaban J connectivity index is 1.52. The Morgan fingerprint density at radius 2 is 0.833 bits per heavy atom. The zero-order valence-corrected chi connectivity index (χ0v) is 19.0. The van der Waals surface area contributed by atoms with E-state index >= 15 is 0 Å². The quantitative estimate of drug-likeness (QED) is 0.232. The van der Waals surface area contributed by atoms with Gasteiger partial charge in [0, 0.05) is 44.5 Å². The average molecular weight is 466 g/mol. The van der Waals surface area contributed by atoms with Crippen molar-refractivity contribution in [1.82, 2.24) is 0 Å². The SMILES string of the molecule is O=Cc1ccc(C#CC23OOC(C#Cc4ccc(C=O)cc4)(c4ccccc42)c2ccccc23)cc1. The first-order chi connectivity index (χ1) is 17.7. The zero-order chi connectivity index (χ0) is 24.6. The van der Waals surface area contributed by atoms with Crippen molar-refractivity contribution in [3.05, 3.63) is 142 Å². The molecular formula is C32H18O4. The van der Waals surface area contributed by atoms with E-state index in [1.165, 1.54) is 0 Å². The van der Waals surface area contributed by atoms with Crippen molar-refractivity contribution in [3.8, 4) is 23.7 Å². The monoisotopic (exact) mass is 466 g/mol. The van der Waals surface area contributed by atoms with Crippen LogP contribution in [-0.2, 0) is 21.0 Å². The van der Waals surface area contributed by atoms with Gasteiger partial charge in [-0.2, -0.15) is 0 Å². The third-order valence-corrected chi connectivity index (χ3v) is 6.52. The third kappa shape index (κ3) is 3.29. The lowest BCUT2D eigenvalue weighted by molar-refractivity contribution is -0.401. The molecule has 0 radical (unpaired) electrons. The van der Waals surface area contributed by atoms with Crippen LogP contribution in [0.25, 0.3) is 0 Å². The highest BCUT2D eigenvalue weighted by Crippen LogP contribution is 2.56. The predicted molar refractivity (Wildman–Crippen MR) is 134 cm³/mol. The number of fused-ring (bicyclic) bond motifs is 1. The van der Waals surface area contributed by atoms with Crippen molar-refractivity contribution in [3.63, 3.8) is 0 Å². The highest BCUT2D eigenvalue weighted by atomic mass is 17.2. The molecule has 0 saturated carbocycles. The second-order valence-electron chi connectivity index (χ2n) is 8.60. The van der Waals surface area contributed by atoms with Gasteiger partial charge in [-0.3, -0.25) is 9.59 Å². The van der Waals surface area contributed by atoms with E-state index in [0.717, 1.165) is 46.0 Å². The molecule has 7 rings (SSSR count). The van der Waals surface area contributed by atoms with Crippen molar-refractivity contribution >= 4 is 12.6 Å². The standard InChI is InChI=1S/C32H18O4/c33-21-25-13-9-23(10-14-25)17-19-31-27-5-1-2-6-28(27)32(36-35-31,30-8-4-3-7-29(30)31)20-18-24-11-15-26(22-34)16-12-24/h1-16,21-22H. The molecule has 170 valence electrons. The first kappa shape index (κ1) is 21.8. The van der Waals surface area contributed by atoms with Crippen LogP contribution < -0.4 is 0 Å². The summed E-state index contributed by atoms with van der Waals surface area (Å²) < 4.78 is 0. The van der Waals surface area contributed by atoms with E-state index in [9.17, 15) is 9.59 Å².